The average molecular weight is 468 g/mol. The summed E-state index contributed by atoms with van der Waals surface area (Å²) >= 11 is 1.46. The number of amides is 1. The third-order valence-electron chi connectivity index (χ3n) is 6.48. The maximum atomic E-state index is 13.1. The first kappa shape index (κ1) is 20.6. The molecule has 3 saturated heterocycles. The summed E-state index contributed by atoms with van der Waals surface area (Å²) in [6.45, 7) is 4.59. The lowest BCUT2D eigenvalue weighted by Crippen LogP contribution is -2.37. The topological polar surface area (TPSA) is 89.1 Å². The minimum Gasteiger partial charge on any atom is -0.494 e. The summed E-state index contributed by atoms with van der Waals surface area (Å²) in [5.74, 6) is 1.31. The zero-order valence-corrected chi connectivity index (χ0v) is 19.1. The van der Waals surface area contributed by atoms with Crippen molar-refractivity contribution in [2.24, 2.45) is 0 Å². The van der Waals surface area contributed by atoms with Crippen LogP contribution in [0.1, 0.15) is 16.8 Å². The van der Waals surface area contributed by atoms with Crippen LogP contribution in [0.3, 0.4) is 0 Å². The number of morpholine rings is 2. The van der Waals surface area contributed by atoms with Gasteiger partial charge in [0, 0.05) is 31.4 Å². The zero-order valence-electron chi connectivity index (χ0n) is 18.3. The van der Waals surface area contributed by atoms with Gasteiger partial charge >= 0.3 is 0 Å². The van der Waals surface area contributed by atoms with E-state index >= 15 is 0 Å². The molecule has 3 aliphatic heterocycles. The average Bonchev–Trinajstić information content (AvgIpc) is 3.60. The molecule has 1 N–H and O–H groups in total. The summed E-state index contributed by atoms with van der Waals surface area (Å²) in [5.41, 5.74) is 2.40. The molecule has 9 nitrogen and oxygen atoms in total. The Bertz CT molecular complexity index is 1190. The number of anilines is 3. The number of hydrogen-bond donors (Lipinski definition) is 1. The van der Waals surface area contributed by atoms with E-state index < -0.39 is 0 Å². The fraction of sp³-hybridized carbons (Fsp3) is 0.435. The van der Waals surface area contributed by atoms with Gasteiger partial charge in [0.2, 0.25) is 0 Å². The minimum atomic E-state index is -0.204. The summed E-state index contributed by atoms with van der Waals surface area (Å²) in [6, 6.07) is 7.91. The van der Waals surface area contributed by atoms with Gasteiger partial charge in [-0.25, -0.2) is 9.97 Å². The number of methoxy groups -OCH3 is 1. The van der Waals surface area contributed by atoms with Gasteiger partial charge in [0.25, 0.3) is 5.91 Å². The molecule has 3 fully saturated rings. The molecule has 0 aliphatic carbocycles. The SMILES string of the molecule is COc1ccc(N2CCOCC2)c2sc(NC(=O)c3ccnc(N4C[C@@H]5C[C@H]4CO5)c3)nc12. The highest BCUT2D eigenvalue weighted by molar-refractivity contribution is 7.23. The van der Waals surface area contributed by atoms with E-state index in [1.165, 1.54) is 11.3 Å². The molecule has 0 radical (unpaired) electrons. The number of thiazole rings is 1. The van der Waals surface area contributed by atoms with Crippen LogP contribution in [0.5, 0.6) is 5.75 Å². The van der Waals surface area contributed by atoms with Crippen LogP contribution in [0, 0.1) is 0 Å². The number of carbonyl (C=O) groups excluding carboxylic acids is 1. The standard InChI is InChI=1S/C23H25N5O4S/c1-30-18-3-2-17(27-6-8-31-9-7-27)21-20(18)25-23(33-21)26-22(29)14-4-5-24-19(10-14)28-12-16-11-15(28)13-32-16/h2-5,10,15-16H,6-9,11-13H2,1H3,(H,25,26,29)/t15-,16-/m0/s1. The highest BCUT2D eigenvalue weighted by Gasteiger charge is 2.39. The van der Waals surface area contributed by atoms with Gasteiger partial charge in [0.15, 0.2) is 5.13 Å². The summed E-state index contributed by atoms with van der Waals surface area (Å²) in [7, 11) is 1.63. The van der Waals surface area contributed by atoms with Crippen molar-refractivity contribution in [2.75, 3.05) is 61.7 Å². The predicted octanol–water partition coefficient (Wildman–Crippen LogP) is 2.77. The quantitative estimate of drug-likeness (QED) is 0.613. The molecule has 33 heavy (non-hydrogen) atoms. The second-order valence-electron chi connectivity index (χ2n) is 8.44. The van der Waals surface area contributed by atoms with Gasteiger partial charge in [-0.2, -0.15) is 0 Å². The van der Waals surface area contributed by atoms with E-state index in [0.717, 1.165) is 54.4 Å². The third-order valence-corrected chi connectivity index (χ3v) is 7.47. The number of nitrogens with zero attached hydrogens (tertiary/aromatic N) is 4. The van der Waals surface area contributed by atoms with Crippen LogP contribution in [0.15, 0.2) is 30.5 Å². The van der Waals surface area contributed by atoms with E-state index in [0.29, 0.717) is 35.7 Å². The van der Waals surface area contributed by atoms with Crippen molar-refractivity contribution in [1.29, 1.82) is 0 Å². The summed E-state index contributed by atoms with van der Waals surface area (Å²) in [6.07, 6.45) is 2.99. The second-order valence-corrected chi connectivity index (χ2v) is 9.44. The van der Waals surface area contributed by atoms with Gasteiger partial charge in [-0.1, -0.05) is 11.3 Å². The molecule has 2 atom stereocenters. The van der Waals surface area contributed by atoms with Crippen LogP contribution in [-0.4, -0.2) is 74.6 Å². The monoisotopic (exact) mass is 467 g/mol. The van der Waals surface area contributed by atoms with Crippen molar-refractivity contribution in [3.8, 4) is 5.75 Å². The number of nitrogens with one attached hydrogen (secondary N) is 1. The molecule has 0 unspecified atom stereocenters. The van der Waals surface area contributed by atoms with Crippen molar-refractivity contribution < 1.29 is 19.0 Å². The van der Waals surface area contributed by atoms with Crippen LogP contribution in [0.2, 0.25) is 0 Å². The normalized spacial score (nSPS) is 22.2. The van der Waals surface area contributed by atoms with Crippen molar-refractivity contribution in [3.05, 3.63) is 36.0 Å². The Morgan fingerprint density at radius 3 is 2.91 bits per heavy atom. The molecule has 1 aromatic carbocycles. The molecule has 1 amide bonds. The van der Waals surface area contributed by atoms with Crippen LogP contribution in [0.4, 0.5) is 16.6 Å². The van der Waals surface area contributed by atoms with Crippen LogP contribution >= 0.6 is 11.3 Å². The maximum Gasteiger partial charge on any atom is 0.257 e. The smallest absolute Gasteiger partial charge is 0.257 e. The molecule has 5 heterocycles. The first-order valence-corrected chi connectivity index (χ1v) is 12.0. The van der Waals surface area contributed by atoms with Gasteiger partial charge in [-0.3, -0.25) is 10.1 Å². The van der Waals surface area contributed by atoms with E-state index in [2.05, 4.69) is 26.2 Å². The highest BCUT2D eigenvalue weighted by atomic mass is 32.1. The Labute approximate surface area is 195 Å². The summed E-state index contributed by atoms with van der Waals surface area (Å²) < 4.78 is 17.7. The molecule has 10 heteroatoms. The Morgan fingerprint density at radius 1 is 1.27 bits per heavy atom. The van der Waals surface area contributed by atoms with Crippen molar-refractivity contribution in [2.45, 2.75) is 18.6 Å². The molecule has 6 rings (SSSR count). The molecule has 0 spiro atoms. The van der Waals surface area contributed by atoms with Gasteiger partial charge in [0.1, 0.15) is 17.1 Å². The molecule has 172 valence electrons. The summed E-state index contributed by atoms with van der Waals surface area (Å²) in [5, 5.41) is 3.52. The number of rotatable bonds is 5. The number of aromatic nitrogens is 2. The van der Waals surface area contributed by atoms with Crippen LogP contribution in [0.25, 0.3) is 10.2 Å². The Kier molecular flexibility index (Phi) is 5.28. The maximum absolute atomic E-state index is 13.1. The number of benzene rings is 1. The Morgan fingerprint density at radius 2 is 2.15 bits per heavy atom. The third kappa shape index (κ3) is 3.77. The van der Waals surface area contributed by atoms with Crippen molar-refractivity contribution in [3.63, 3.8) is 0 Å². The van der Waals surface area contributed by atoms with E-state index in [-0.39, 0.29) is 12.0 Å². The lowest BCUT2D eigenvalue weighted by molar-refractivity contribution is 0.0989. The Balaban J connectivity index is 1.27. The lowest BCUT2D eigenvalue weighted by Gasteiger charge is -2.29. The zero-order chi connectivity index (χ0) is 22.4. The predicted molar refractivity (Wildman–Crippen MR) is 127 cm³/mol. The molecule has 3 aliphatic rings. The molecule has 0 saturated carbocycles. The number of fused-ring (bicyclic) bond motifs is 3. The van der Waals surface area contributed by atoms with Crippen LogP contribution in [-0.2, 0) is 9.47 Å². The fourth-order valence-corrected chi connectivity index (χ4v) is 5.83. The van der Waals surface area contributed by atoms with Gasteiger partial charge < -0.3 is 24.0 Å². The lowest BCUT2D eigenvalue weighted by atomic mass is 10.2. The Hall–Kier alpha value is -2.95. The highest BCUT2D eigenvalue weighted by Crippen LogP contribution is 2.40. The summed E-state index contributed by atoms with van der Waals surface area (Å²) in [4.78, 5) is 26.8. The molecule has 2 aromatic heterocycles. The molecular weight excluding hydrogens is 442 g/mol. The largest absolute Gasteiger partial charge is 0.494 e. The van der Waals surface area contributed by atoms with E-state index in [9.17, 15) is 4.79 Å². The number of ether oxygens (including phenoxy) is 3. The van der Waals surface area contributed by atoms with Crippen molar-refractivity contribution >= 4 is 44.1 Å². The molecule has 2 bridgehead atoms. The van der Waals surface area contributed by atoms with E-state index in [1.807, 2.05) is 12.1 Å². The number of hydrogen-bond acceptors (Lipinski definition) is 9. The fourth-order valence-electron chi connectivity index (χ4n) is 4.81. The molecule has 3 aromatic rings. The van der Waals surface area contributed by atoms with Gasteiger partial charge in [-0.15, -0.1) is 0 Å². The van der Waals surface area contributed by atoms with Crippen LogP contribution < -0.4 is 19.9 Å². The van der Waals surface area contributed by atoms with Gasteiger partial charge in [0.05, 0.1) is 49.5 Å². The first-order chi connectivity index (χ1) is 16.2. The van der Waals surface area contributed by atoms with E-state index in [1.54, 1.807) is 19.4 Å². The second kappa shape index (κ2) is 8.44. The number of carbonyl (C=O) groups is 1. The first-order valence-electron chi connectivity index (χ1n) is 11.2. The molecular formula is C23H25N5O4S. The van der Waals surface area contributed by atoms with Crippen molar-refractivity contribution in [1.82, 2.24) is 9.97 Å². The minimum absolute atomic E-state index is 0.204. The number of pyridine rings is 1. The van der Waals surface area contributed by atoms with Gasteiger partial charge in [-0.05, 0) is 30.7 Å². The van der Waals surface area contributed by atoms with E-state index in [4.69, 9.17) is 19.2 Å².